The molecule has 2 heterocycles. The molecular formula is C16H12F2N2O4. The molecule has 0 amide bonds. The smallest absolute Gasteiger partial charge is 0.340 e. The zero-order chi connectivity index (χ0) is 17.4. The number of rotatable bonds is 6. The van der Waals surface area contributed by atoms with Crippen LogP contribution in [0.1, 0.15) is 20.7 Å². The zero-order valence-electron chi connectivity index (χ0n) is 12.3. The second-order valence-electron chi connectivity index (χ2n) is 4.45. The molecule has 0 aliphatic rings. The number of ether oxygens (including phenoxy) is 2. The van der Waals surface area contributed by atoms with Gasteiger partial charge >= 0.3 is 11.9 Å². The third kappa shape index (κ3) is 5.24. The molecule has 8 heteroatoms. The van der Waals surface area contributed by atoms with Gasteiger partial charge in [0.1, 0.15) is 24.8 Å². The van der Waals surface area contributed by atoms with E-state index in [0.29, 0.717) is 0 Å². The lowest BCUT2D eigenvalue weighted by molar-refractivity contribution is 0.0526. The van der Waals surface area contributed by atoms with E-state index in [1.165, 1.54) is 24.5 Å². The fraction of sp³-hybridized carbons (Fsp3) is 0.125. The molecular weight excluding hydrogens is 322 g/mol. The van der Waals surface area contributed by atoms with Crippen LogP contribution in [0.5, 0.6) is 0 Å². The minimum absolute atomic E-state index is 0.00608. The first-order valence-corrected chi connectivity index (χ1v) is 6.76. The maximum absolute atomic E-state index is 12.9. The summed E-state index contributed by atoms with van der Waals surface area (Å²) in [6, 6.07) is 2.02. The van der Waals surface area contributed by atoms with Gasteiger partial charge in [-0.15, -0.1) is 0 Å². The number of esters is 2. The molecule has 0 spiro atoms. The molecule has 2 aromatic rings. The van der Waals surface area contributed by atoms with Gasteiger partial charge < -0.3 is 9.47 Å². The topological polar surface area (TPSA) is 78.4 Å². The molecule has 24 heavy (non-hydrogen) atoms. The van der Waals surface area contributed by atoms with Crippen molar-refractivity contribution in [2.75, 3.05) is 13.2 Å². The molecule has 0 fully saturated rings. The molecule has 0 N–H and O–H groups in total. The standard InChI is InChI=1S/C16H12F2N2O4/c17-13-5-11(7-19-9-13)15(21)23-3-1-2-4-24-16(22)12-6-14(18)10-20-8-12/h1-2,5-10H,3-4H2/b2-1+. The summed E-state index contributed by atoms with van der Waals surface area (Å²) < 4.78 is 35.5. The fourth-order valence-corrected chi connectivity index (χ4v) is 1.60. The lowest BCUT2D eigenvalue weighted by Crippen LogP contribution is -2.07. The van der Waals surface area contributed by atoms with Crippen LogP contribution < -0.4 is 0 Å². The molecule has 0 aromatic carbocycles. The molecule has 6 nitrogen and oxygen atoms in total. The number of pyridine rings is 2. The van der Waals surface area contributed by atoms with Crippen LogP contribution >= 0.6 is 0 Å². The summed E-state index contributed by atoms with van der Waals surface area (Å²) in [5.41, 5.74) is -0.0122. The third-order valence-electron chi connectivity index (χ3n) is 2.67. The summed E-state index contributed by atoms with van der Waals surface area (Å²) in [5.74, 6) is -2.73. The number of halogens is 2. The largest absolute Gasteiger partial charge is 0.458 e. The lowest BCUT2D eigenvalue weighted by atomic mass is 10.3. The van der Waals surface area contributed by atoms with E-state index in [2.05, 4.69) is 9.97 Å². The molecule has 2 aromatic heterocycles. The Morgan fingerprint density at radius 2 is 1.25 bits per heavy atom. The first kappa shape index (κ1) is 17.2. The summed E-state index contributed by atoms with van der Waals surface area (Å²) in [7, 11) is 0. The van der Waals surface area contributed by atoms with E-state index < -0.39 is 23.6 Å². The van der Waals surface area contributed by atoms with Gasteiger partial charge in [-0.05, 0) is 24.3 Å². The predicted molar refractivity (Wildman–Crippen MR) is 78.1 cm³/mol. The van der Waals surface area contributed by atoms with E-state index in [1.54, 1.807) is 0 Å². The molecule has 0 aliphatic heterocycles. The van der Waals surface area contributed by atoms with E-state index >= 15 is 0 Å². The van der Waals surface area contributed by atoms with Crippen LogP contribution in [-0.4, -0.2) is 35.1 Å². The molecule has 0 aliphatic carbocycles. The molecule has 0 bridgehead atoms. The normalized spacial score (nSPS) is 10.6. The molecule has 0 radical (unpaired) electrons. The Kier molecular flexibility index (Phi) is 6.07. The Morgan fingerprint density at radius 3 is 1.62 bits per heavy atom. The molecule has 0 atom stereocenters. The van der Waals surface area contributed by atoms with Gasteiger partial charge in [-0.3, -0.25) is 9.97 Å². The van der Waals surface area contributed by atoms with Gasteiger partial charge in [0.15, 0.2) is 0 Å². The highest BCUT2D eigenvalue weighted by molar-refractivity contribution is 5.89. The van der Waals surface area contributed by atoms with Crippen LogP contribution in [0.15, 0.2) is 49.1 Å². The number of nitrogens with zero attached hydrogens (tertiary/aromatic N) is 2. The first-order valence-electron chi connectivity index (χ1n) is 6.76. The summed E-state index contributed by atoms with van der Waals surface area (Å²) >= 11 is 0. The van der Waals surface area contributed by atoms with Crippen molar-refractivity contribution in [1.82, 2.24) is 9.97 Å². The van der Waals surface area contributed by atoms with Gasteiger partial charge in [0.05, 0.1) is 23.5 Å². The SMILES string of the molecule is O=C(OC/C=C/COC(=O)c1cncc(F)c1)c1cncc(F)c1. The van der Waals surface area contributed by atoms with Gasteiger partial charge in [-0.2, -0.15) is 0 Å². The van der Waals surface area contributed by atoms with E-state index in [9.17, 15) is 18.4 Å². The summed E-state index contributed by atoms with van der Waals surface area (Å²) in [4.78, 5) is 30.2. The quantitative estimate of drug-likeness (QED) is 0.596. The molecule has 0 unspecified atom stereocenters. The molecule has 0 saturated carbocycles. The highest BCUT2D eigenvalue weighted by Gasteiger charge is 2.08. The summed E-state index contributed by atoms with van der Waals surface area (Å²) in [6.45, 7) is -0.178. The van der Waals surface area contributed by atoms with Crippen molar-refractivity contribution >= 4 is 11.9 Å². The highest BCUT2D eigenvalue weighted by Crippen LogP contribution is 2.04. The van der Waals surface area contributed by atoms with Crippen LogP contribution in [0, 0.1) is 11.6 Å². The van der Waals surface area contributed by atoms with E-state index in [1.807, 2.05) is 0 Å². The number of aromatic nitrogens is 2. The molecule has 0 saturated heterocycles. The van der Waals surface area contributed by atoms with Crippen molar-refractivity contribution in [3.8, 4) is 0 Å². The number of hydrogen-bond donors (Lipinski definition) is 0. The van der Waals surface area contributed by atoms with Crippen molar-refractivity contribution in [2.24, 2.45) is 0 Å². The maximum Gasteiger partial charge on any atom is 0.340 e. The van der Waals surface area contributed by atoms with Crippen molar-refractivity contribution in [2.45, 2.75) is 0 Å². The van der Waals surface area contributed by atoms with Crippen molar-refractivity contribution < 1.29 is 27.8 Å². The van der Waals surface area contributed by atoms with Crippen molar-refractivity contribution in [3.05, 3.63) is 71.8 Å². The van der Waals surface area contributed by atoms with Gasteiger partial charge in [0.25, 0.3) is 0 Å². The molecule has 2 rings (SSSR count). The van der Waals surface area contributed by atoms with Gasteiger partial charge in [0.2, 0.25) is 0 Å². The zero-order valence-corrected chi connectivity index (χ0v) is 12.3. The van der Waals surface area contributed by atoms with E-state index in [-0.39, 0.29) is 24.3 Å². The predicted octanol–water partition coefficient (Wildman–Crippen LogP) is 2.32. The Balaban J connectivity index is 1.71. The lowest BCUT2D eigenvalue weighted by Gasteiger charge is -2.02. The number of carbonyl (C=O) groups excluding carboxylic acids is 2. The fourth-order valence-electron chi connectivity index (χ4n) is 1.60. The first-order chi connectivity index (χ1) is 11.6. The van der Waals surface area contributed by atoms with Crippen LogP contribution in [0.25, 0.3) is 0 Å². The van der Waals surface area contributed by atoms with Crippen molar-refractivity contribution in [3.63, 3.8) is 0 Å². The summed E-state index contributed by atoms with van der Waals surface area (Å²) in [6.07, 6.45) is 7.20. The van der Waals surface area contributed by atoms with E-state index in [4.69, 9.17) is 9.47 Å². The summed E-state index contributed by atoms with van der Waals surface area (Å²) in [5, 5.41) is 0. The third-order valence-corrected chi connectivity index (χ3v) is 2.67. The average molecular weight is 334 g/mol. The van der Waals surface area contributed by atoms with Crippen LogP contribution in [-0.2, 0) is 9.47 Å². The monoisotopic (exact) mass is 334 g/mol. The van der Waals surface area contributed by atoms with Gasteiger partial charge in [-0.1, -0.05) is 0 Å². The second kappa shape index (κ2) is 8.47. The number of hydrogen-bond acceptors (Lipinski definition) is 6. The second-order valence-corrected chi connectivity index (χ2v) is 4.45. The Bertz CT molecular complexity index is 702. The Morgan fingerprint density at radius 1 is 0.833 bits per heavy atom. The average Bonchev–Trinajstić information content (AvgIpc) is 2.57. The minimum Gasteiger partial charge on any atom is -0.458 e. The molecule has 124 valence electrons. The van der Waals surface area contributed by atoms with Gasteiger partial charge in [-0.25, -0.2) is 18.4 Å². The van der Waals surface area contributed by atoms with Crippen LogP contribution in [0.4, 0.5) is 8.78 Å². The Labute approximate surface area is 135 Å². The highest BCUT2D eigenvalue weighted by atomic mass is 19.1. The minimum atomic E-state index is -0.727. The van der Waals surface area contributed by atoms with Crippen molar-refractivity contribution in [1.29, 1.82) is 0 Å². The van der Waals surface area contributed by atoms with Gasteiger partial charge in [0, 0.05) is 12.4 Å². The Hall–Kier alpha value is -3.16. The maximum atomic E-state index is 12.9. The number of carbonyl (C=O) groups is 2. The van der Waals surface area contributed by atoms with Crippen LogP contribution in [0.2, 0.25) is 0 Å². The van der Waals surface area contributed by atoms with Crippen LogP contribution in [0.3, 0.4) is 0 Å². The van der Waals surface area contributed by atoms with E-state index in [0.717, 1.165) is 24.5 Å².